The molecule has 0 bridgehead atoms. The third-order valence-corrected chi connectivity index (χ3v) is 4.39. The summed E-state index contributed by atoms with van der Waals surface area (Å²) in [5.74, 6) is -3.71. The summed E-state index contributed by atoms with van der Waals surface area (Å²) >= 11 is 8.90. The predicted octanol–water partition coefficient (Wildman–Crippen LogP) is -0.498. The molecule has 1 aromatic rings. The third kappa shape index (κ3) is 3.57. The van der Waals surface area contributed by atoms with Crippen molar-refractivity contribution in [2.24, 2.45) is 0 Å². The van der Waals surface area contributed by atoms with Crippen LogP contribution in [0.25, 0.3) is 6.08 Å². The summed E-state index contributed by atoms with van der Waals surface area (Å²) in [5, 5.41) is 21.7. The van der Waals surface area contributed by atoms with Crippen molar-refractivity contribution in [3.8, 4) is 0 Å². The minimum Gasteiger partial charge on any atom is -0.550 e. The maximum atomic E-state index is 12.2. The van der Waals surface area contributed by atoms with Crippen LogP contribution in [0.4, 0.5) is 0 Å². The predicted molar refractivity (Wildman–Crippen MR) is 79.8 cm³/mol. The second-order valence-electron chi connectivity index (χ2n) is 4.10. The number of rotatable bonds is 5. The standard InChI is InChI=1S/C12H8BrNO6S2/c13-8-2-1-5(20-8)3-7-10(17)14(12(21)22-7)6(11(18)19)4-9(15)16/h1-3,6H,4H2,(H,15,16)(H,18,19)/p-2/b7-3+/t6-/m1/s1. The Labute approximate surface area is 142 Å². The van der Waals surface area contributed by atoms with Gasteiger partial charge in [-0.2, -0.15) is 0 Å². The lowest BCUT2D eigenvalue weighted by Crippen LogP contribution is -2.52. The van der Waals surface area contributed by atoms with Crippen LogP contribution in [0.3, 0.4) is 0 Å². The molecule has 2 heterocycles. The molecule has 7 nitrogen and oxygen atoms in total. The lowest BCUT2D eigenvalue weighted by molar-refractivity contribution is -0.319. The first-order chi connectivity index (χ1) is 10.3. The van der Waals surface area contributed by atoms with Gasteiger partial charge in [0.15, 0.2) is 4.67 Å². The second kappa shape index (κ2) is 6.63. The van der Waals surface area contributed by atoms with Crippen LogP contribution in [0.15, 0.2) is 26.1 Å². The van der Waals surface area contributed by atoms with E-state index in [2.05, 4.69) is 15.9 Å². The summed E-state index contributed by atoms with van der Waals surface area (Å²) in [5.41, 5.74) is 0. The summed E-state index contributed by atoms with van der Waals surface area (Å²) < 4.78 is 5.60. The Morgan fingerprint density at radius 1 is 1.45 bits per heavy atom. The van der Waals surface area contributed by atoms with Crippen LogP contribution in [0, 0.1) is 0 Å². The van der Waals surface area contributed by atoms with Gasteiger partial charge in [-0.05, 0) is 28.1 Å². The minimum atomic E-state index is -1.72. The zero-order valence-electron chi connectivity index (χ0n) is 10.6. The molecule has 0 N–H and O–H groups in total. The zero-order chi connectivity index (χ0) is 16.4. The average Bonchev–Trinajstić information content (AvgIpc) is 2.92. The number of carbonyl (C=O) groups excluding carboxylic acids is 3. The molecule has 0 spiro atoms. The lowest BCUT2D eigenvalue weighted by atomic mass is 10.2. The second-order valence-corrected chi connectivity index (χ2v) is 6.56. The highest BCUT2D eigenvalue weighted by Gasteiger charge is 2.38. The Balaban J connectivity index is 2.29. The Bertz CT molecular complexity index is 698. The molecule has 0 saturated carbocycles. The van der Waals surface area contributed by atoms with Gasteiger partial charge in [0, 0.05) is 18.5 Å². The Morgan fingerprint density at radius 2 is 2.14 bits per heavy atom. The van der Waals surface area contributed by atoms with Gasteiger partial charge in [0.1, 0.15) is 10.1 Å². The molecule has 1 amide bonds. The Hall–Kier alpha value is -1.65. The number of furan rings is 1. The van der Waals surface area contributed by atoms with Crippen molar-refractivity contribution >= 4 is 68.2 Å². The molecule has 1 aromatic heterocycles. The van der Waals surface area contributed by atoms with E-state index in [4.69, 9.17) is 16.6 Å². The van der Waals surface area contributed by atoms with Gasteiger partial charge in [-0.1, -0.05) is 24.0 Å². The molecule has 0 aliphatic carbocycles. The monoisotopic (exact) mass is 403 g/mol. The molecular formula is C12H6BrNO6S2-2. The highest BCUT2D eigenvalue weighted by Crippen LogP contribution is 2.34. The van der Waals surface area contributed by atoms with Crippen LogP contribution in [-0.2, 0) is 14.4 Å². The number of carboxylic acids is 2. The number of aliphatic carboxylic acids is 2. The molecule has 116 valence electrons. The molecule has 0 unspecified atom stereocenters. The first-order valence-corrected chi connectivity index (χ1v) is 7.74. The van der Waals surface area contributed by atoms with Gasteiger partial charge in [-0.25, -0.2) is 0 Å². The van der Waals surface area contributed by atoms with Gasteiger partial charge < -0.3 is 24.2 Å². The average molecular weight is 404 g/mol. The smallest absolute Gasteiger partial charge is 0.266 e. The topological polar surface area (TPSA) is 114 Å². The number of carbonyl (C=O) groups is 3. The summed E-state index contributed by atoms with van der Waals surface area (Å²) in [6.07, 6.45) is 0.476. The first-order valence-electron chi connectivity index (χ1n) is 5.72. The number of hydrogen-bond donors (Lipinski definition) is 0. The van der Waals surface area contributed by atoms with E-state index in [9.17, 15) is 24.6 Å². The highest BCUT2D eigenvalue weighted by atomic mass is 79.9. The molecule has 1 aliphatic heterocycles. The largest absolute Gasteiger partial charge is 0.550 e. The van der Waals surface area contributed by atoms with Gasteiger partial charge in [0.2, 0.25) is 0 Å². The highest BCUT2D eigenvalue weighted by molar-refractivity contribution is 9.10. The molecule has 1 aliphatic rings. The van der Waals surface area contributed by atoms with Gasteiger partial charge in [-0.15, -0.1) is 0 Å². The van der Waals surface area contributed by atoms with Crippen LogP contribution >= 0.6 is 39.9 Å². The maximum absolute atomic E-state index is 12.2. The number of amides is 1. The fourth-order valence-corrected chi connectivity index (χ4v) is 3.38. The molecular weight excluding hydrogens is 398 g/mol. The van der Waals surface area contributed by atoms with Crippen molar-refractivity contribution in [3.05, 3.63) is 27.5 Å². The Morgan fingerprint density at radius 3 is 2.64 bits per heavy atom. The van der Waals surface area contributed by atoms with E-state index in [0.717, 1.165) is 11.8 Å². The van der Waals surface area contributed by atoms with Crippen molar-refractivity contribution in [2.75, 3.05) is 0 Å². The van der Waals surface area contributed by atoms with E-state index < -0.39 is 30.3 Å². The van der Waals surface area contributed by atoms with E-state index in [-0.39, 0.29) is 9.23 Å². The quantitative estimate of drug-likeness (QED) is 0.477. The van der Waals surface area contributed by atoms with E-state index in [1.54, 1.807) is 12.1 Å². The number of hydrogen-bond acceptors (Lipinski definition) is 8. The number of nitrogens with zero attached hydrogens (tertiary/aromatic N) is 1. The summed E-state index contributed by atoms with van der Waals surface area (Å²) in [4.78, 5) is 34.8. The molecule has 10 heteroatoms. The number of thiocarbonyl (C=S) groups is 1. The van der Waals surface area contributed by atoms with Crippen molar-refractivity contribution in [2.45, 2.75) is 12.5 Å². The van der Waals surface area contributed by atoms with E-state index >= 15 is 0 Å². The van der Waals surface area contributed by atoms with Gasteiger partial charge in [-0.3, -0.25) is 9.69 Å². The van der Waals surface area contributed by atoms with Crippen LogP contribution < -0.4 is 10.2 Å². The van der Waals surface area contributed by atoms with Crippen molar-refractivity contribution in [3.63, 3.8) is 0 Å². The first kappa shape index (κ1) is 16.7. The third-order valence-electron chi connectivity index (χ3n) is 2.63. The van der Waals surface area contributed by atoms with Crippen molar-refractivity contribution in [1.82, 2.24) is 4.90 Å². The fourth-order valence-electron chi connectivity index (χ4n) is 1.72. The molecule has 2 rings (SSSR count). The van der Waals surface area contributed by atoms with Crippen LogP contribution in [0.1, 0.15) is 12.2 Å². The molecule has 22 heavy (non-hydrogen) atoms. The minimum absolute atomic E-state index is 0.0719. The van der Waals surface area contributed by atoms with E-state index in [0.29, 0.717) is 15.3 Å². The van der Waals surface area contributed by atoms with Crippen molar-refractivity contribution < 1.29 is 29.0 Å². The van der Waals surface area contributed by atoms with Crippen LogP contribution in [0.5, 0.6) is 0 Å². The van der Waals surface area contributed by atoms with Gasteiger partial charge >= 0.3 is 0 Å². The summed E-state index contributed by atoms with van der Waals surface area (Å²) in [7, 11) is 0. The molecule has 0 radical (unpaired) electrons. The summed E-state index contributed by atoms with van der Waals surface area (Å²) in [6, 6.07) is 1.49. The van der Waals surface area contributed by atoms with Gasteiger partial charge in [0.25, 0.3) is 5.91 Å². The molecule has 0 aromatic carbocycles. The Kier molecular flexibility index (Phi) is 5.04. The number of halogens is 1. The maximum Gasteiger partial charge on any atom is 0.266 e. The fraction of sp³-hybridized carbons (Fsp3) is 0.167. The number of carboxylic acid groups (broad SMARTS) is 2. The molecule has 1 atom stereocenters. The van der Waals surface area contributed by atoms with Crippen LogP contribution in [-0.4, -0.2) is 33.1 Å². The lowest BCUT2D eigenvalue weighted by Gasteiger charge is -2.27. The molecule has 1 saturated heterocycles. The van der Waals surface area contributed by atoms with E-state index in [1.807, 2.05) is 0 Å². The van der Waals surface area contributed by atoms with E-state index in [1.165, 1.54) is 6.08 Å². The number of thioether (sulfide) groups is 1. The molecule has 1 fully saturated rings. The van der Waals surface area contributed by atoms with Crippen LogP contribution in [0.2, 0.25) is 0 Å². The SMILES string of the molecule is O=C([O-])C[C@H](C(=O)[O-])N1C(=O)/C(=C\c2ccc(Br)o2)SC1=S. The zero-order valence-corrected chi connectivity index (χ0v) is 13.8. The van der Waals surface area contributed by atoms with Crippen molar-refractivity contribution in [1.29, 1.82) is 0 Å². The van der Waals surface area contributed by atoms with Gasteiger partial charge in [0.05, 0.1) is 16.9 Å². The normalized spacial score (nSPS) is 18.0. The summed E-state index contributed by atoms with van der Waals surface area (Å²) in [6.45, 7) is 0.